The summed E-state index contributed by atoms with van der Waals surface area (Å²) in [5.41, 5.74) is 0. The van der Waals surface area contributed by atoms with E-state index in [1.165, 1.54) is 12.8 Å². The lowest BCUT2D eigenvalue weighted by molar-refractivity contribution is -0.140. The third kappa shape index (κ3) is 4.81. The average molecular weight is 295 g/mol. The fourth-order valence-electron chi connectivity index (χ4n) is 2.61. The maximum absolute atomic E-state index is 12.0. The summed E-state index contributed by atoms with van der Waals surface area (Å²) in [6.45, 7) is 6.95. The predicted molar refractivity (Wildman–Crippen MR) is 78.6 cm³/mol. The minimum absolute atomic E-state index is 0.0773. The SMILES string of the molecule is CC(C)CC(=O)C(=O)NCC(=O)N1CCN(C2CC2)CC1. The second kappa shape index (κ2) is 7.02. The molecule has 1 aliphatic heterocycles. The second-order valence-electron chi connectivity index (χ2n) is 6.35. The Morgan fingerprint density at radius 1 is 1.10 bits per heavy atom. The summed E-state index contributed by atoms with van der Waals surface area (Å²) >= 11 is 0. The maximum atomic E-state index is 12.0. The molecule has 1 heterocycles. The standard InChI is InChI=1S/C15H25N3O3/c1-11(2)9-13(19)15(21)16-10-14(20)18-7-5-17(6-8-18)12-3-4-12/h11-12H,3-10H2,1-2H3,(H,16,21). The van der Waals surface area contributed by atoms with Crippen LogP contribution in [0.1, 0.15) is 33.1 Å². The van der Waals surface area contributed by atoms with Gasteiger partial charge in [-0.2, -0.15) is 0 Å². The summed E-state index contributed by atoms with van der Waals surface area (Å²) in [5.74, 6) is -1.05. The molecule has 118 valence electrons. The van der Waals surface area contributed by atoms with Gasteiger partial charge in [-0.25, -0.2) is 0 Å². The van der Waals surface area contributed by atoms with Crippen LogP contribution in [0.25, 0.3) is 0 Å². The molecule has 0 atom stereocenters. The molecule has 0 unspecified atom stereocenters. The Bertz CT molecular complexity index is 410. The van der Waals surface area contributed by atoms with Gasteiger partial charge >= 0.3 is 0 Å². The molecule has 0 spiro atoms. The first-order chi connectivity index (χ1) is 9.97. The minimum Gasteiger partial charge on any atom is -0.340 e. The fraction of sp³-hybridized carbons (Fsp3) is 0.800. The van der Waals surface area contributed by atoms with Crippen LogP contribution in [-0.2, 0) is 14.4 Å². The highest BCUT2D eigenvalue weighted by atomic mass is 16.2. The van der Waals surface area contributed by atoms with Gasteiger partial charge in [0.2, 0.25) is 11.7 Å². The molecule has 2 rings (SSSR count). The van der Waals surface area contributed by atoms with E-state index in [0.29, 0.717) is 13.1 Å². The van der Waals surface area contributed by atoms with E-state index in [0.717, 1.165) is 19.1 Å². The van der Waals surface area contributed by atoms with Crippen LogP contribution >= 0.6 is 0 Å². The zero-order valence-electron chi connectivity index (χ0n) is 12.9. The molecule has 0 aromatic heterocycles. The molecule has 1 aliphatic carbocycles. The molecule has 0 radical (unpaired) electrons. The van der Waals surface area contributed by atoms with Crippen LogP contribution in [0.2, 0.25) is 0 Å². The highest BCUT2D eigenvalue weighted by Crippen LogP contribution is 2.27. The van der Waals surface area contributed by atoms with Gasteiger partial charge in [-0.3, -0.25) is 19.3 Å². The van der Waals surface area contributed by atoms with Crippen LogP contribution in [0.4, 0.5) is 0 Å². The lowest BCUT2D eigenvalue weighted by Crippen LogP contribution is -2.52. The normalized spacial score (nSPS) is 19.7. The van der Waals surface area contributed by atoms with Crippen LogP contribution in [0.15, 0.2) is 0 Å². The van der Waals surface area contributed by atoms with E-state index in [1.54, 1.807) is 4.90 Å². The van der Waals surface area contributed by atoms with Crippen molar-refractivity contribution in [3.05, 3.63) is 0 Å². The molecule has 0 bridgehead atoms. The molecule has 2 fully saturated rings. The molecule has 0 aromatic carbocycles. The number of nitrogens with one attached hydrogen (secondary N) is 1. The van der Waals surface area contributed by atoms with Gasteiger partial charge in [-0.1, -0.05) is 13.8 Å². The molecular weight excluding hydrogens is 270 g/mol. The largest absolute Gasteiger partial charge is 0.340 e. The lowest BCUT2D eigenvalue weighted by atomic mass is 10.1. The maximum Gasteiger partial charge on any atom is 0.287 e. The van der Waals surface area contributed by atoms with Gasteiger partial charge < -0.3 is 10.2 Å². The summed E-state index contributed by atoms with van der Waals surface area (Å²) in [7, 11) is 0. The highest BCUT2D eigenvalue weighted by Gasteiger charge is 2.32. The van der Waals surface area contributed by atoms with Crippen LogP contribution in [0.5, 0.6) is 0 Å². The summed E-state index contributed by atoms with van der Waals surface area (Å²) in [6, 6.07) is 0.732. The molecule has 6 heteroatoms. The first-order valence-electron chi connectivity index (χ1n) is 7.80. The Hall–Kier alpha value is -1.43. The highest BCUT2D eigenvalue weighted by molar-refractivity contribution is 6.36. The topological polar surface area (TPSA) is 69.7 Å². The first-order valence-corrected chi connectivity index (χ1v) is 7.80. The number of nitrogens with zero attached hydrogens (tertiary/aromatic N) is 2. The van der Waals surface area contributed by atoms with Crippen molar-refractivity contribution in [2.75, 3.05) is 32.7 Å². The van der Waals surface area contributed by atoms with E-state index < -0.39 is 11.7 Å². The number of carbonyl (C=O) groups is 3. The van der Waals surface area contributed by atoms with Gasteiger partial charge in [0.15, 0.2) is 0 Å². The number of hydrogen-bond acceptors (Lipinski definition) is 4. The van der Waals surface area contributed by atoms with E-state index in [4.69, 9.17) is 0 Å². The van der Waals surface area contributed by atoms with Crippen molar-refractivity contribution in [2.24, 2.45) is 5.92 Å². The van der Waals surface area contributed by atoms with Gasteiger partial charge in [0.05, 0.1) is 6.54 Å². The van der Waals surface area contributed by atoms with Crippen LogP contribution in [0, 0.1) is 5.92 Å². The number of hydrogen-bond donors (Lipinski definition) is 1. The molecule has 2 amide bonds. The van der Waals surface area contributed by atoms with Gasteiger partial charge in [-0.05, 0) is 18.8 Å². The van der Waals surface area contributed by atoms with Crippen molar-refractivity contribution in [2.45, 2.75) is 39.2 Å². The fourth-order valence-corrected chi connectivity index (χ4v) is 2.61. The van der Waals surface area contributed by atoms with E-state index in [-0.39, 0.29) is 24.8 Å². The average Bonchev–Trinajstić information content (AvgIpc) is 3.28. The summed E-state index contributed by atoms with van der Waals surface area (Å²) < 4.78 is 0. The Morgan fingerprint density at radius 3 is 2.24 bits per heavy atom. The monoisotopic (exact) mass is 295 g/mol. The zero-order chi connectivity index (χ0) is 15.4. The molecule has 6 nitrogen and oxygen atoms in total. The number of carbonyl (C=O) groups excluding carboxylic acids is 3. The minimum atomic E-state index is -0.645. The van der Waals surface area contributed by atoms with Gasteiger partial charge in [0, 0.05) is 38.6 Å². The Kier molecular flexibility index (Phi) is 5.33. The molecule has 2 aliphatic rings. The number of Topliss-reactive ketones (excluding diaryl/α,β-unsaturated/α-hetero) is 1. The quantitative estimate of drug-likeness (QED) is 0.702. The summed E-state index contributed by atoms with van der Waals surface area (Å²) in [6.07, 6.45) is 2.78. The molecule has 21 heavy (non-hydrogen) atoms. The van der Waals surface area contributed by atoms with E-state index in [9.17, 15) is 14.4 Å². The van der Waals surface area contributed by atoms with Crippen molar-refractivity contribution in [3.63, 3.8) is 0 Å². The molecule has 1 N–H and O–H groups in total. The Balaban J connectivity index is 1.67. The zero-order valence-corrected chi connectivity index (χ0v) is 12.9. The van der Waals surface area contributed by atoms with Crippen molar-refractivity contribution < 1.29 is 14.4 Å². The second-order valence-corrected chi connectivity index (χ2v) is 6.35. The van der Waals surface area contributed by atoms with E-state index >= 15 is 0 Å². The number of piperazine rings is 1. The predicted octanol–water partition coefficient (Wildman–Crippen LogP) is 0.0244. The Morgan fingerprint density at radius 2 is 1.71 bits per heavy atom. The van der Waals surface area contributed by atoms with Gasteiger partial charge in [0.1, 0.15) is 0 Å². The van der Waals surface area contributed by atoms with Crippen molar-refractivity contribution in [3.8, 4) is 0 Å². The summed E-state index contributed by atoms with van der Waals surface area (Å²) in [4.78, 5) is 39.3. The lowest BCUT2D eigenvalue weighted by Gasteiger charge is -2.34. The number of amides is 2. The molecule has 1 saturated heterocycles. The van der Waals surface area contributed by atoms with E-state index in [2.05, 4.69) is 10.2 Å². The van der Waals surface area contributed by atoms with Crippen molar-refractivity contribution in [1.29, 1.82) is 0 Å². The smallest absolute Gasteiger partial charge is 0.287 e. The van der Waals surface area contributed by atoms with Crippen molar-refractivity contribution >= 4 is 17.6 Å². The number of ketones is 1. The third-order valence-corrected chi connectivity index (χ3v) is 3.98. The van der Waals surface area contributed by atoms with Crippen molar-refractivity contribution in [1.82, 2.24) is 15.1 Å². The van der Waals surface area contributed by atoms with Crippen LogP contribution < -0.4 is 5.32 Å². The number of rotatable bonds is 6. The van der Waals surface area contributed by atoms with Crippen LogP contribution in [-0.4, -0.2) is 66.2 Å². The van der Waals surface area contributed by atoms with Crippen LogP contribution in [0.3, 0.4) is 0 Å². The molecule has 0 aromatic rings. The first kappa shape index (κ1) is 15.9. The third-order valence-electron chi connectivity index (χ3n) is 3.98. The molecular formula is C15H25N3O3. The summed E-state index contributed by atoms with van der Waals surface area (Å²) in [5, 5.41) is 2.44. The van der Waals surface area contributed by atoms with Gasteiger partial charge in [0.25, 0.3) is 5.91 Å². The van der Waals surface area contributed by atoms with E-state index in [1.807, 2.05) is 13.8 Å². The molecule has 1 saturated carbocycles. The van der Waals surface area contributed by atoms with Gasteiger partial charge in [-0.15, -0.1) is 0 Å². The Labute approximate surface area is 125 Å².